The second-order valence-electron chi connectivity index (χ2n) is 9.95. The minimum absolute atomic E-state index is 0.0221. The highest BCUT2D eigenvalue weighted by Gasteiger charge is 2.29. The zero-order chi connectivity index (χ0) is 25.9. The monoisotopic (exact) mass is 534 g/mol. The van der Waals surface area contributed by atoms with Gasteiger partial charge in [-0.3, -0.25) is 4.79 Å². The fourth-order valence-electron chi connectivity index (χ4n) is 5.67. The van der Waals surface area contributed by atoms with E-state index < -0.39 is 5.97 Å². The molecule has 1 aliphatic carbocycles. The normalized spacial score (nSPS) is 17.9. The van der Waals surface area contributed by atoms with E-state index in [1.807, 2.05) is 17.8 Å². The number of hydrogen-bond donors (Lipinski definition) is 1. The van der Waals surface area contributed by atoms with Gasteiger partial charge in [-0.05, 0) is 108 Å². The summed E-state index contributed by atoms with van der Waals surface area (Å²) in [5.74, 6) is 3.09. The summed E-state index contributed by atoms with van der Waals surface area (Å²) in [5.41, 5.74) is 8.86. The SMILES string of the molecule is CSCCCOc1cc(C)c(-c2cccc3c2CCC3Oc2ccc3c(c2)SC[C@H]3CC(=O)O)c(C)c1. The van der Waals surface area contributed by atoms with Gasteiger partial charge in [-0.25, -0.2) is 0 Å². The van der Waals surface area contributed by atoms with Gasteiger partial charge in [0.25, 0.3) is 0 Å². The van der Waals surface area contributed by atoms with Gasteiger partial charge in [0, 0.05) is 16.6 Å². The predicted molar refractivity (Wildman–Crippen MR) is 154 cm³/mol. The van der Waals surface area contributed by atoms with Crippen molar-refractivity contribution in [2.24, 2.45) is 0 Å². The van der Waals surface area contributed by atoms with Crippen molar-refractivity contribution in [2.45, 2.75) is 56.4 Å². The standard InChI is InChI=1S/C31H34O4S2/c1-19-14-23(34-12-5-13-36-3)15-20(2)31(19)27-7-4-6-26-25(27)10-11-28(26)35-22-8-9-24-21(16-30(32)33)18-37-29(24)17-22/h4,6-9,14-15,17,21,28H,5,10-13,16,18H2,1-3H3,(H,32,33)/t21-,28?/m1/s1. The van der Waals surface area contributed by atoms with Crippen LogP contribution in [0.15, 0.2) is 53.4 Å². The number of benzene rings is 3. The summed E-state index contributed by atoms with van der Waals surface area (Å²) in [7, 11) is 0. The lowest BCUT2D eigenvalue weighted by Gasteiger charge is -2.19. The highest BCUT2D eigenvalue weighted by molar-refractivity contribution is 7.99. The van der Waals surface area contributed by atoms with Crippen LogP contribution >= 0.6 is 23.5 Å². The quantitative estimate of drug-likeness (QED) is 0.268. The fourth-order valence-corrected chi connectivity index (χ4v) is 7.36. The first kappa shape index (κ1) is 26.1. The molecule has 37 heavy (non-hydrogen) atoms. The Balaban J connectivity index is 1.35. The molecule has 1 unspecified atom stereocenters. The maximum atomic E-state index is 11.2. The molecule has 0 spiro atoms. The molecule has 2 aliphatic rings. The summed E-state index contributed by atoms with van der Waals surface area (Å²) in [4.78, 5) is 12.3. The molecule has 3 aromatic carbocycles. The van der Waals surface area contributed by atoms with Crippen LogP contribution in [0.4, 0.5) is 0 Å². The molecule has 0 fully saturated rings. The van der Waals surface area contributed by atoms with E-state index >= 15 is 0 Å². The first-order chi connectivity index (χ1) is 17.9. The van der Waals surface area contributed by atoms with Crippen molar-refractivity contribution in [2.75, 3.05) is 24.4 Å². The molecule has 0 radical (unpaired) electrons. The Labute approximate surface area is 228 Å². The molecule has 4 nitrogen and oxygen atoms in total. The average molecular weight is 535 g/mol. The van der Waals surface area contributed by atoms with Crippen LogP contribution in [0.1, 0.15) is 59.1 Å². The lowest BCUT2D eigenvalue weighted by molar-refractivity contribution is -0.137. The molecule has 1 N–H and O–H groups in total. The largest absolute Gasteiger partial charge is 0.494 e. The van der Waals surface area contributed by atoms with E-state index in [9.17, 15) is 9.90 Å². The van der Waals surface area contributed by atoms with Crippen molar-refractivity contribution >= 4 is 29.5 Å². The fraction of sp³-hybridized carbons (Fsp3) is 0.387. The van der Waals surface area contributed by atoms with E-state index in [4.69, 9.17) is 9.47 Å². The Bertz CT molecular complexity index is 1280. The number of thioether (sulfide) groups is 2. The second kappa shape index (κ2) is 11.4. The Morgan fingerprint density at radius 2 is 1.89 bits per heavy atom. The molecule has 0 amide bonds. The smallest absolute Gasteiger partial charge is 0.303 e. The van der Waals surface area contributed by atoms with Crippen molar-refractivity contribution in [3.05, 3.63) is 76.3 Å². The van der Waals surface area contributed by atoms with Gasteiger partial charge in [-0.15, -0.1) is 11.8 Å². The van der Waals surface area contributed by atoms with Crippen LogP contribution < -0.4 is 9.47 Å². The summed E-state index contributed by atoms with van der Waals surface area (Å²) in [6.45, 7) is 5.11. The molecule has 0 saturated heterocycles. The number of aliphatic carboxylic acids is 1. The average Bonchev–Trinajstić information content (AvgIpc) is 3.45. The summed E-state index contributed by atoms with van der Waals surface area (Å²) in [6, 6.07) is 17.1. The van der Waals surface area contributed by atoms with Crippen molar-refractivity contribution < 1.29 is 19.4 Å². The summed E-state index contributed by atoms with van der Waals surface area (Å²) < 4.78 is 12.6. The first-order valence-corrected chi connectivity index (χ1v) is 15.3. The number of aryl methyl sites for hydroxylation is 2. The van der Waals surface area contributed by atoms with Crippen molar-refractivity contribution in [3.8, 4) is 22.6 Å². The van der Waals surface area contributed by atoms with E-state index in [0.717, 1.165) is 59.3 Å². The summed E-state index contributed by atoms with van der Waals surface area (Å²) in [5, 5.41) is 9.20. The van der Waals surface area contributed by atoms with Crippen LogP contribution in [0, 0.1) is 13.8 Å². The van der Waals surface area contributed by atoms with Gasteiger partial charge in [-0.1, -0.05) is 24.3 Å². The lowest BCUT2D eigenvalue weighted by atomic mass is 9.90. The molecule has 2 atom stereocenters. The molecule has 5 rings (SSSR count). The molecule has 0 bridgehead atoms. The number of fused-ring (bicyclic) bond motifs is 2. The maximum absolute atomic E-state index is 11.2. The zero-order valence-electron chi connectivity index (χ0n) is 21.7. The topological polar surface area (TPSA) is 55.8 Å². The van der Waals surface area contributed by atoms with Crippen molar-refractivity contribution in [1.82, 2.24) is 0 Å². The van der Waals surface area contributed by atoms with Crippen LogP contribution in [-0.2, 0) is 11.2 Å². The molecule has 194 valence electrons. The summed E-state index contributed by atoms with van der Waals surface area (Å²) in [6.07, 6.45) is 5.33. The lowest BCUT2D eigenvalue weighted by Crippen LogP contribution is -2.06. The Kier molecular flexibility index (Phi) is 8.06. The minimum Gasteiger partial charge on any atom is -0.494 e. The summed E-state index contributed by atoms with van der Waals surface area (Å²) >= 11 is 3.58. The van der Waals surface area contributed by atoms with Gasteiger partial charge >= 0.3 is 5.97 Å². The molecular weight excluding hydrogens is 500 g/mol. The maximum Gasteiger partial charge on any atom is 0.303 e. The molecule has 0 saturated carbocycles. The van der Waals surface area contributed by atoms with Crippen molar-refractivity contribution in [3.63, 3.8) is 0 Å². The molecule has 1 heterocycles. The highest BCUT2D eigenvalue weighted by Crippen LogP contribution is 2.45. The molecular formula is C31H34O4S2. The van der Waals surface area contributed by atoms with E-state index in [-0.39, 0.29) is 18.4 Å². The third-order valence-corrected chi connectivity index (χ3v) is 9.25. The Morgan fingerprint density at radius 1 is 1.08 bits per heavy atom. The molecule has 0 aromatic heterocycles. The minimum atomic E-state index is -0.740. The van der Waals surface area contributed by atoms with Crippen LogP contribution in [0.2, 0.25) is 0 Å². The van der Waals surface area contributed by atoms with Crippen LogP contribution in [0.3, 0.4) is 0 Å². The molecule has 3 aromatic rings. The Hall–Kier alpha value is -2.57. The third kappa shape index (κ3) is 5.65. The zero-order valence-corrected chi connectivity index (χ0v) is 23.3. The van der Waals surface area contributed by atoms with Gasteiger partial charge < -0.3 is 14.6 Å². The second-order valence-corrected chi connectivity index (χ2v) is 12.0. The molecule has 6 heteroatoms. The number of carboxylic acids is 1. The molecule has 1 aliphatic heterocycles. The van der Waals surface area contributed by atoms with Gasteiger partial charge in [0.15, 0.2) is 0 Å². The van der Waals surface area contributed by atoms with Gasteiger partial charge in [0.05, 0.1) is 13.0 Å². The third-order valence-electron chi connectivity index (χ3n) is 7.32. The van der Waals surface area contributed by atoms with E-state index in [1.54, 1.807) is 11.8 Å². The highest BCUT2D eigenvalue weighted by atomic mass is 32.2. The van der Waals surface area contributed by atoms with E-state index in [0.29, 0.717) is 0 Å². The predicted octanol–water partition coefficient (Wildman–Crippen LogP) is 7.83. The number of ether oxygens (including phenoxy) is 2. The Morgan fingerprint density at radius 3 is 2.65 bits per heavy atom. The van der Waals surface area contributed by atoms with Gasteiger partial charge in [0.1, 0.15) is 17.6 Å². The van der Waals surface area contributed by atoms with Gasteiger partial charge in [0.2, 0.25) is 0 Å². The van der Waals surface area contributed by atoms with Gasteiger partial charge in [-0.2, -0.15) is 11.8 Å². The number of hydrogen-bond acceptors (Lipinski definition) is 5. The van der Waals surface area contributed by atoms with E-state index in [1.165, 1.54) is 33.4 Å². The van der Waals surface area contributed by atoms with Crippen molar-refractivity contribution in [1.29, 1.82) is 0 Å². The van der Waals surface area contributed by atoms with Crippen LogP contribution in [0.25, 0.3) is 11.1 Å². The number of carboxylic acid groups (broad SMARTS) is 1. The number of carbonyl (C=O) groups is 1. The van der Waals surface area contributed by atoms with Crippen LogP contribution in [-0.4, -0.2) is 35.4 Å². The van der Waals surface area contributed by atoms with E-state index in [2.05, 4.69) is 62.6 Å². The number of rotatable bonds is 10. The first-order valence-electron chi connectivity index (χ1n) is 12.9. The van der Waals surface area contributed by atoms with Crippen LogP contribution in [0.5, 0.6) is 11.5 Å².